The lowest BCUT2D eigenvalue weighted by molar-refractivity contribution is -0.384. The van der Waals surface area contributed by atoms with Gasteiger partial charge >= 0.3 is 5.97 Å². The van der Waals surface area contributed by atoms with Crippen LogP contribution in [0.2, 0.25) is 0 Å². The van der Waals surface area contributed by atoms with Crippen LogP contribution >= 0.6 is 0 Å². The van der Waals surface area contributed by atoms with Crippen LogP contribution in [-0.2, 0) is 9.53 Å². The van der Waals surface area contributed by atoms with E-state index < -0.39 is 28.4 Å². The van der Waals surface area contributed by atoms with Crippen LogP contribution in [0, 0.1) is 16.0 Å². The van der Waals surface area contributed by atoms with Gasteiger partial charge in [0.2, 0.25) is 0 Å². The third-order valence-electron chi connectivity index (χ3n) is 3.41. The van der Waals surface area contributed by atoms with Gasteiger partial charge in [-0.15, -0.1) is 0 Å². The summed E-state index contributed by atoms with van der Waals surface area (Å²) in [5.74, 6) is -0.731. The first kappa shape index (κ1) is 21.4. The van der Waals surface area contributed by atoms with E-state index in [0.29, 0.717) is 6.42 Å². The normalized spacial score (nSPS) is 12.4. The lowest BCUT2D eigenvalue weighted by atomic mass is 10.0. The Morgan fingerprint density at radius 3 is 2.35 bits per heavy atom. The van der Waals surface area contributed by atoms with Gasteiger partial charge in [-0.25, -0.2) is 4.79 Å². The minimum Gasteiger partial charge on any atom is -0.458 e. The SMILES string of the molecule is CNC(=O)c1ccc(N[C@@H](CC(C)C)C(=O)OC(C)(C)C)c([N+](=O)[O-])c1. The van der Waals surface area contributed by atoms with Gasteiger partial charge in [0.05, 0.1) is 4.92 Å². The number of nitrogens with one attached hydrogen (secondary N) is 2. The van der Waals surface area contributed by atoms with Crippen LogP contribution in [0.5, 0.6) is 0 Å². The Labute approximate surface area is 153 Å². The predicted molar refractivity (Wildman–Crippen MR) is 99.2 cm³/mol. The summed E-state index contributed by atoms with van der Waals surface area (Å²) in [7, 11) is 1.45. The van der Waals surface area contributed by atoms with Crippen molar-refractivity contribution in [1.82, 2.24) is 5.32 Å². The number of ether oxygens (including phenoxy) is 1. The zero-order valence-electron chi connectivity index (χ0n) is 16.1. The summed E-state index contributed by atoms with van der Waals surface area (Å²) >= 11 is 0. The number of nitro groups is 1. The van der Waals surface area contributed by atoms with Crippen molar-refractivity contribution in [2.45, 2.75) is 52.7 Å². The molecule has 0 spiro atoms. The largest absolute Gasteiger partial charge is 0.458 e. The molecule has 0 aliphatic heterocycles. The molecule has 0 fully saturated rings. The molecule has 1 rings (SSSR count). The van der Waals surface area contributed by atoms with Crippen LogP contribution in [0.25, 0.3) is 0 Å². The fourth-order valence-electron chi connectivity index (χ4n) is 2.34. The number of hydrogen-bond acceptors (Lipinski definition) is 6. The fraction of sp³-hybridized carbons (Fsp3) is 0.556. The summed E-state index contributed by atoms with van der Waals surface area (Å²) in [6, 6.07) is 3.34. The van der Waals surface area contributed by atoms with E-state index in [1.165, 1.54) is 25.2 Å². The Hall–Kier alpha value is -2.64. The molecule has 0 aliphatic carbocycles. The maximum absolute atomic E-state index is 12.5. The van der Waals surface area contributed by atoms with Gasteiger partial charge in [-0.2, -0.15) is 0 Å². The van der Waals surface area contributed by atoms with Crippen molar-refractivity contribution in [2.24, 2.45) is 5.92 Å². The first-order valence-electron chi connectivity index (χ1n) is 8.44. The second-order valence-corrected chi connectivity index (χ2v) is 7.43. The maximum Gasteiger partial charge on any atom is 0.329 e. The van der Waals surface area contributed by atoms with E-state index >= 15 is 0 Å². The highest BCUT2D eigenvalue weighted by molar-refractivity contribution is 5.95. The third-order valence-corrected chi connectivity index (χ3v) is 3.41. The number of carbonyl (C=O) groups is 2. The summed E-state index contributed by atoms with van der Waals surface area (Å²) in [6.45, 7) is 9.18. The lowest BCUT2D eigenvalue weighted by Crippen LogP contribution is -2.37. The Bertz CT molecular complexity index is 680. The molecule has 2 N–H and O–H groups in total. The van der Waals surface area contributed by atoms with E-state index in [1.54, 1.807) is 20.8 Å². The number of esters is 1. The van der Waals surface area contributed by atoms with E-state index in [2.05, 4.69) is 10.6 Å². The molecular formula is C18H27N3O5. The molecule has 1 atom stereocenters. The van der Waals surface area contributed by atoms with E-state index in [4.69, 9.17) is 4.74 Å². The van der Waals surface area contributed by atoms with Crippen molar-refractivity contribution in [1.29, 1.82) is 0 Å². The fourth-order valence-corrected chi connectivity index (χ4v) is 2.34. The van der Waals surface area contributed by atoms with E-state index in [1.807, 2.05) is 13.8 Å². The Morgan fingerprint density at radius 1 is 1.27 bits per heavy atom. The van der Waals surface area contributed by atoms with Crippen molar-refractivity contribution in [2.75, 3.05) is 12.4 Å². The average molecular weight is 365 g/mol. The first-order valence-corrected chi connectivity index (χ1v) is 8.44. The maximum atomic E-state index is 12.5. The average Bonchev–Trinajstić information content (AvgIpc) is 2.51. The Kier molecular flexibility index (Phi) is 7.11. The summed E-state index contributed by atoms with van der Waals surface area (Å²) < 4.78 is 5.42. The summed E-state index contributed by atoms with van der Waals surface area (Å²) in [5, 5.41) is 16.7. The summed E-state index contributed by atoms with van der Waals surface area (Å²) in [6.07, 6.45) is 0.448. The number of nitrogens with zero attached hydrogens (tertiary/aromatic N) is 1. The van der Waals surface area contributed by atoms with Crippen molar-refractivity contribution >= 4 is 23.3 Å². The van der Waals surface area contributed by atoms with Crippen molar-refractivity contribution in [3.63, 3.8) is 0 Å². The monoisotopic (exact) mass is 365 g/mol. The number of nitro benzene ring substituents is 1. The molecule has 0 heterocycles. The number of anilines is 1. The zero-order chi connectivity index (χ0) is 20.1. The Morgan fingerprint density at radius 2 is 1.88 bits per heavy atom. The highest BCUT2D eigenvalue weighted by atomic mass is 16.6. The van der Waals surface area contributed by atoms with Crippen LogP contribution in [0.4, 0.5) is 11.4 Å². The number of benzene rings is 1. The third kappa shape index (κ3) is 6.34. The van der Waals surface area contributed by atoms with Gasteiger partial charge in [0.15, 0.2) is 0 Å². The van der Waals surface area contributed by atoms with E-state index in [-0.39, 0.29) is 22.9 Å². The van der Waals surface area contributed by atoms with Gasteiger partial charge in [0.25, 0.3) is 11.6 Å². The molecule has 0 bridgehead atoms. The molecule has 0 unspecified atom stereocenters. The molecule has 8 nitrogen and oxygen atoms in total. The second kappa shape index (κ2) is 8.64. The van der Waals surface area contributed by atoms with Crippen LogP contribution in [0.15, 0.2) is 18.2 Å². The summed E-state index contributed by atoms with van der Waals surface area (Å²) in [5.41, 5.74) is -0.604. The van der Waals surface area contributed by atoms with E-state index in [9.17, 15) is 19.7 Å². The smallest absolute Gasteiger partial charge is 0.329 e. The van der Waals surface area contributed by atoms with Crippen molar-refractivity contribution in [3.05, 3.63) is 33.9 Å². The van der Waals surface area contributed by atoms with Gasteiger partial charge in [-0.3, -0.25) is 14.9 Å². The van der Waals surface area contributed by atoms with Crippen LogP contribution in [0.3, 0.4) is 0 Å². The van der Waals surface area contributed by atoms with Gasteiger partial charge in [-0.1, -0.05) is 13.8 Å². The molecule has 1 amide bonds. The molecule has 1 aromatic rings. The number of carbonyl (C=O) groups excluding carboxylic acids is 2. The highest BCUT2D eigenvalue weighted by Crippen LogP contribution is 2.28. The van der Waals surface area contributed by atoms with E-state index in [0.717, 1.165) is 0 Å². The molecule has 0 radical (unpaired) electrons. The molecule has 0 aromatic heterocycles. The van der Waals surface area contributed by atoms with Gasteiger partial charge in [0.1, 0.15) is 17.3 Å². The number of rotatable bonds is 7. The van der Waals surface area contributed by atoms with Crippen molar-refractivity contribution < 1.29 is 19.2 Å². The highest BCUT2D eigenvalue weighted by Gasteiger charge is 2.28. The van der Waals surface area contributed by atoms with Gasteiger partial charge in [-0.05, 0) is 45.2 Å². The molecule has 1 aromatic carbocycles. The summed E-state index contributed by atoms with van der Waals surface area (Å²) in [4.78, 5) is 35.0. The predicted octanol–water partition coefficient (Wildman–Crippen LogP) is 3.12. The Balaban J connectivity index is 3.18. The van der Waals surface area contributed by atoms with Gasteiger partial charge in [0, 0.05) is 18.7 Å². The standard InChI is InChI=1S/C18H27N3O5/c1-11(2)9-14(17(23)26-18(3,4)5)20-13-8-7-12(16(22)19-6)10-15(13)21(24)25/h7-8,10-11,14,20H,9H2,1-6H3,(H,19,22)/t14-/m0/s1. The number of amides is 1. The first-order chi connectivity index (χ1) is 11.9. The number of hydrogen-bond donors (Lipinski definition) is 2. The topological polar surface area (TPSA) is 111 Å². The second-order valence-electron chi connectivity index (χ2n) is 7.43. The van der Waals surface area contributed by atoms with Crippen LogP contribution in [-0.4, -0.2) is 35.5 Å². The lowest BCUT2D eigenvalue weighted by Gasteiger charge is -2.26. The van der Waals surface area contributed by atoms with Crippen molar-refractivity contribution in [3.8, 4) is 0 Å². The molecule has 26 heavy (non-hydrogen) atoms. The van der Waals surface area contributed by atoms with Crippen LogP contribution in [0.1, 0.15) is 51.4 Å². The zero-order valence-corrected chi connectivity index (χ0v) is 16.1. The molecule has 144 valence electrons. The molecule has 8 heteroatoms. The minimum absolute atomic E-state index is 0.166. The van der Waals surface area contributed by atoms with Gasteiger partial charge < -0.3 is 15.4 Å². The molecule has 0 saturated carbocycles. The van der Waals surface area contributed by atoms with Crippen LogP contribution < -0.4 is 10.6 Å². The minimum atomic E-state index is -0.737. The molecular weight excluding hydrogens is 338 g/mol. The quantitative estimate of drug-likeness (QED) is 0.436. The molecule has 0 saturated heterocycles. The molecule has 0 aliphatic rings.